The van der Waals surface area contributed by atoms with E-state index >= 15 is 0 Å². The molecule has 0 radical (unpaired) electrons. The largest absolute Gasteiger partial charge is 0.333 e. The van der Waals surface area contributed by atoms with Crippen LogP contribution in [-0.4, -0.2) is 69.9 Å². The molecule has 0 aromatic heterocycles. The second kappa shape index (κ2) is 20.0. The van der Waals surface area contributed by atoms with E-state index in [0.29, 0.717) is 59.1 Å². The maximum absolute atomic E-state index is 7.66. The fraction of sp³-hybridized carbons (Fsp3) is 1.00. The average Bonchev–Trinajstić information content (AvgIpc) is 3.54. The van der Waals surface area contributed by atoms with Gasteiger partial charge in [-0.2, -0.15) is 0 Å². The van der Waals surface area contributed by atoms with Gasteiger partial charge in [0.2, 0.25) is 0 Å². The Bertz CT molecular complexity index is 1420. The lowest BCUT2D eigenvalue weighted by atomic mass is 9.53. The van der Waals surface area contributed by atoms with E-state index in [9.17, 15) is 0 Å². The van der Waals surface area contributed by atoms with Crippen LogP contribution < -0.4 is 0 Å². The molecule has 2 aliphatic heterocycles. The van der Waals surface area contributed by atoms with Gasteiger partial charge in [-0.25, -0.2) is 0 Å². The third-order valence-electron chi connectivity index (χ3n) is 21.8. The molecule has 22 atom stereocenters. The molecule has 6 nitrogen and oxygen atoms in total. The zero-order valence-corrected chi connectivity index (χ0v) is 50.2. The Morgan fingerprint density at radius 1 is 0.333 bits per heavy atom. The van der Waals surface area contributed by atoms with Crippen LogP contribution in [0.5, 0.6) is 0 Å². The third kappa shape index (κ3) is 10.1. The van der Waals surface area contributed by atoms with Crippen LogP contribution in [0.3, 0.4) is 0 Å². The van der Waals surface area contributed by atoms with E-state index in [1.165, 1.54) is 128 Å². The monoisotopic (exact) mass is 1020 g/mol. The lowest BCUT2D eigenvalue weighted by Gasteiger charge is -2.59. The van der Waals surface area contributed by atoms with Crippen LogP contribution >= 0.6 is 17.2 Å². The molecule has 0 N–H and O–H groups in total. The second-order valence-electron chi connectivity index (χ2n) is 29.4. The Morgan fingerprint density at radius 2 is 0.545 bits per heavy atom. The topological polar surface area (TPSA) is 55.4 Å². The molecule has 2 saturated heterocycles. The molecule has 12 heteroatoms. The van der Waals surface area contributed by atoms with Gasteiger partial charge in [0, 0.05) is 0 Å². The van der Waals surface area contributed by atoms with Crippen molar-refractivity contribution in [2.24, 2.45) is 71.0 Å². The Hall–Kier alpha value is 1.49. The van der Waals surface area contributed by atoms with Crippen LogP contribution in [0.4, 0.5) is 0 Å². The van der Waals surface area contributed by atoms with Crippen molar-refractivity contribution in [2.75, 3.05) is 13.2 Å². The number of hydrogen-bond donors (Lipinski definition) is 0. The van der Waals surface area contributed by atoms with Gasteiger partial charge >= 0.3 is 17.2 Å². The summed E-state index contributed by atoms with van der Waals surface area (Å²) in [6, 6.07) is 0. The summed E-state index contributed by atoms with van der Waals surface area (Å²) in [6.45, 7) is 32.8. The van der Waals surface area contributed by atoms with E-state index in [0.717, 1.165) is 47.3 Å². The quantitative estimate of drug-likeness (QED) is 0.130. The summed E-state index contributed by atoms with van der Waals surface area (Å²) in [4.78, 5) is 0. The lowest BCUT2D eigenvalue weighted by Crippen LogP contribution is -2.58. The zero-order chi connectivity index (χ0) is 46.5. The summed E-state index contributed by atoms with van der Waals surface area (Å²) >= 11 is 0. The summed E-state index contributed by atoms with van der Waals surface area (Å²) < 4.78 is 44.9. The molecule has 0 spiro atoms. The van der Waals surface area contributed by atoms with Gasteiger partial charge in [-0.15, -0.1) is 0 Å². The van der Waals surface area contributed by atoms with Crippen molar-refractivity contribution < 1.29 is 27.1 Å². The molecule has 66 heavy (non-hydrogen) atoms. The van der Waals surface area contributed by atoms with Crippen LogP contribution in [0.25, 0.3) is 0 Å². The normalized spacial score (nSPS) is 48.9. The summed E-state index contributed by atoms with van der Waals surface area (Å²) in [5, 5.41) is 0. The highest BCUT2D eigenvalue weighted by Gasteiger charge is 2.64. The average molecular weight is 1020 g/mol. The highest BCUT2D eigenvalue weighted by Crippen LogP contribution is 2.70. The van der Waals surface area contributed by atoms with Gasteiger partial charge in [0.25, 0.3) is 0 Å². The molecule has 0 amide bonds. The van der Waals surface area contributed by atoms with Crippen molar-refractivity contribution in [3.63, 3.8) is 0 Å². The van der Waals surface area contributed by atoms with Crippen molar-refractivity contribution in [3.8, 4) is 0 Å². The Balaban J connectivity index is 0.937. The molecule has 378 valence electrons. The molecule has 0 aromatic rings. The smallest absolute Gasteiger partial charge is 0.310 e. The summed E-state index contributed by atoms with van der Waals surface area (Å²) in [6.07, 6.45) is 29.3. The number of hydrogen-bond acceptors (Lipinski definition) is 6. The standard InChI is InChI=1S/C54H100O6P2Si4/c1-63(2,3)43-31-35-21-13-17-25-39(35)47-48-40-26-18-14-22-36(40)32-44(64(4,5)6)52(48)58-61(57-51(43)47)55-29-30-56-62-59-53-45(65(7,8)9)33-37-23-15-19-27-41(37)49(53)50-42-28-20-16-24-38(42)34-46(54(50)60-62)66(10,11)12/h35-54H,13-34H2,1-12H3/t35?,36?,37?,38?,39?,40?,41?,42?,43-,44?,45-,46?,47?,48?,49?,50?,51?,52?,53?,54?,61?,62?/m1/s1. The molecule has 8 aliphatic carbocycles. The van der Waals surface area contributed by atoms with Gasteiger partial charge in [0.15, 0.2) is 0 Å². The van der Waals surface area contributed by atoms with E-state index in [1.54, 1.807) is 0 Å². The summed E-state index contributed by atoms with van der Waals surface area (Å²) in [5.74, 6) is 9.15. The zero-order valence-electron chi connectivity index (χ0n) is 44.4. The van der Waals surface area contributed by atoms with Gasteiger partial charge in [-0.1, -0.05) is 156 Å². The van der Waals surface area contributed by atoms with Crippen LogP contribution in [0.15, 0.2) is 0 Å². The second-order valence-corrected chi connectivity index (χ2v) is 53.5. The van der Waals surface area contributed by atoms with Crippen molar-refractivity contribution in [1.82, 2.24) is 0 Å². The molecule has 0 bridgehead atoms. The first-order chi connectivity index (χ1) is 31.3. The SMILES string of the molecule is C[Si](C)(C)C1CC2CCCCC2C2C1OP(OCCOP1OC3C(C4CCCCC4CC3[Si](C)(C)C)C3C4CCCCC4C[C@@H]([Si](C)(C)C)C3O1)OC1C2C2CCCCC2C[C@H]1[Si](C)(C)C. The van der Waals surface area contributed by atoms with E-state index in [-0.39, 0.29) is 24.4 Å². The maximum atomic E-state index is 7.66. The number of rotatable bonds is 9. The van der Waals surface area contributed by atoms with E-state index in [2.05, 4.69) is 78.6 Å². The van der Waals surface area contributed by atoms with Crippen LogP contribution in [0.2, 0.25) is 101 Å². The molecule has 10 aliphatic rings. The first kappa shape index (κ1) is 51.0. The Labute approximate surface area is 412 Å². The minimum absolute atomic E-state index is 0.273. The van der Waals surface area contributed by atoms with Crippen LogP contribution in [-0.2, 0) is 27.1 Å². The highest BCUT2D eigenvalue weighted by molar-refractivity contribution is 7.42. The van der Waals surface area contributed by atoms with Crippen molar-refractivity contribution in [2.45, 2.75) is 254 Å². The van der Waals surface area contributed by atoms with Gasteiger partial charge in [0.1, 0.15) is 0 Å². The van der Waals surface area contributed by atoms with Crippen molar-refractivity contribution in [3.05, 3.63) is 0 Å². The maximum Gasteiger partial charge on any atom is 0.333 e. The van der Waals surface area contributed by atoms with Crippen LogP contribution in [0.1, 0.15) is 128 Å². The van der Waals surface area contributed by atoms with Gasteiger partial charge in [-0.05, 0) is 145 Å². The van der Waals surface area contributed by atoms with E-state index < -0.39 is 49.5 Å². The molecular formula is C54H100O6P2Si4. The minimum Gasteiger partial charge on any atom is -0.310 e. The third-order valence-corrected chi connectivity index (χ3v) is 35.4. The van der Waals surface area contributed by atoms with Crippen LogP contribution in [0, 0.1) is 71.0 Å². The molecule has 8 saturated carbocycles. The Morgan fingerprint density at radius 3 is 0.758 bits per heavy atom. The Kier molecular flexibility index (Phi) is 15.4. The van der Waals surface area contributed by atoms with Crippen molar-refractivity contribution in [1.29, 1.82) is 0 Å². The predicted molar refractivity (Wildman–Crippen MR) is 288 cm³/mol. The molecule has 10 rings (SSSR count). The molecule has 2 heterocycles. The summed E-state index contributed by atoms with van der Waals surface area (Å²) in [5.41, 5.74) is 2.66. The number of fused-ring (bicyclic) bond motifs is 14. The minimum atomic E-state index is -1.57. The molecule has 10 fully saturated rings. The molecular weight excluding hydrogens is 919 g/mol. The lowest BCUT2D eigenvalue weighted by molar-refractivity contribution is -0.0866. The van der Waals surface area contributed by atoms with E-state index in [4.69, 9.17) is 27.1 Å². The van der Waals surface area contributed by atoms with Crippen molar-refractivity contribution >= 4 is 49.5 Å². The molecule has 20 unspecified atom stereocenters. The fourth-order valence-electron chi connectivity index (χ4n) is 18.8. The molecule has 0 aromatic carbocycles. The fourth-order valence-corrected chi connectivity index (χ4v) is 31.1. The summed E-state index contributed by atoms with van der Waals surface area (Å²) in [7, 11) is -9.28. The first-order valence-corrected chi connectivity index (χ1v) is 45.3. The highest BCUT2D eigenvalue weighted by atomic mass is 31.2. The van der Waals surface area contributed by atoms with E-state index in [1.807, 2.05) is 0 Å². The van der Waals surface area contributed by atoms with Gasteiger partial charge in [0.05, 0.1) is 69.9 Å². The predicted octanol–water partition coefficient (Wildman–Crippen LogP) is 17.2. The first-order valence-electron chi connectivity index (χ1n) is 28.8. The van der Waals surface area contributed by atoms with Gasteiger partial charge in [-0.3, -0.25) is 0 Å². The van der Waals surface area contributed by atoms with Gasteiger partial charge < -0.3 is 27.1 Å².